The molecule has 2 heteroatoms. The molecule has 0 bridgehead atoms. The van der Waals surface area contributed by atoms with E-state index in [1.807, 2.05) is 6.20 Å². The van der Waals surface area contributed by atoms with Crippen LogP contribution in [0.3, 0.4) is 0 Å². The van der Waals surface area contributed by atoms with E-state index in [2.05, 4.69) is 25.8 Å². The predicted molar refractivity (Wildman–Crippen MR) is 43.8 cm³/mol. The van der Waals surface area contributed by atoms with Gasteiger partial charge in [0.1, 0.15) is 0 Å². The molecule has 0 amide bonds. The van der Waals surface area contributed by atoms with Crippen LogP contribution in [0.5, 0.6) is 0 Å². The third kappa shape index (κ3) is 1.34. The van der Waals surface area contributed by atoms with Gasteiger partial charge in [-0.2, -0.15) is 0 Å². The van der Waals surface area contributed by atoms with Crippen LogP contribution in [0.4, 0.5) is 0 Å². The van der Waals surface area contributed by atoms with Gasteiger partial charge >= 0.3 is 74.9 Å². The van der Waals surface area contributed by atoms with Crippen LogP contribution in [-0.2, 0) is 0 Å². The fourth-order valence-electron chi connectivity index (χ4n) is 0.832. The zero-order valence-corrected chi connectivity index (χ0v) is 9.38. The SMILES string of the molecule is Cc1cnc(C)c(C)[c]1[Sn]. The maximum atomic E-state index is 4.25. The molecule has 0 atom stereocenters. The summed E-state index contributed by atoms with van der Waals surface area (Å²) >= 11 is 1.49. The summed E-state index contributed by atoms with van der Waals surface area (Å²) in [6.45, 7) is 6.31. The van der Waals surface area contributed by atoms with Crippen molar-refractivity contribution in [3.8, 4) is 0 Å². The van der Waals surface area contributed by atoms with E-state index in [1.165, 1.54) is 37.2 Å². The number of hydrogen-bond acceptors (Lipinski definition) is 1. The molecule has 10 heavy (non-hydrogen) atoms. The fraction of sp³-hybridized carbons (Fsp3) is 0.375. The second-order valence-corrected chi connectivity index (χ2v) is 3.95. The zero-order valence-electron chi connectivity index (χ0n) is 6.52. The monoisotopic (exact) mass is 240 g/mol. The molecule has 1 aromatic rings. The van der Waals surface area contributed by atoms with E-state index in [0.29, 0.717) is 0 Å². The van der Waals surface area contributed by atoms with Crippen molar-refractivity contribution in [1.29, 1.82) is 0 Å². The third-order valence-electron chi connectivity index (χ3n) is 1.76. The Balaban J connectivity index is 3.34. The topological polar surface area (TPSA) is 12.9 Å². The Hall–Kier alpha value is -0.0513. The summed E-state index contributed by atoms with van der Waals surface area (Å²) in [5, 5.41) is 0. The molecule has 0 aliphatic heterocycles. The molecule has 0 unspecified atom stereocenters. The average Bonchev–Trinajstić information content (AvgIpc) is 1.93. The summed E-state index contributed by atoms with van der Waals surface area (Å²) in [5.74, 6) is 0. The van der Waals surface area contributed by atoms with Crippen molar-refractivity contribution in [2.45, 2.75) is 20.8 Å². The predicted octanol–water partition coefficient (Wildman–Crippen LogP) is 0.801. The molecule has 0 N–H and O–H groups in total. The van der Waals surface area contributed by atoms with Gasteiger partial charge in [0, 0.05) is 0 Å². The van der Waals surface area contributed by atoms with Gasteiger partial charge < -0.3 is 0 Å². The maximum absolute atomic E-state index is 4.25. The van der Waals surface area contributed by atoms with E-state index in [9.17, 15) is 0 Å². The summed E-state index contributed by atoms with van der Waals surface area (Å²) in [6.07, 6.45) is 1.95. The van der Waals surface area contributed by atoms with Gasteiger partial charge in [-0.25, -0.2) is 0 Å². The first-order valence-electron chi connectivity index (χ1n) is 3.27. The van der Waals surface area contributed by atoms with Crippen LogP contribution >= 0.6 is 0 Å². The van der Waals surface area contributed by atoms with E-state index in [1.54, 1.807) is 0 Å². The van der Waals surface area contributed by atoms with Crippen molar-refractivity contribution in [3.63, 3.8) is 0 Å². The average molecular weight is 239 g/mol. The molecule has 0 saturated heterocycles. The Morgan fingerprint density at radius 2 is 1.90 bits per heavy atom. The van der Waals surface area contributed by atoms with E-state index in [0.717, 1.165) is 5.69 Å². The molecular weight excluding hydrogens is 229 g/mol. The summed E-state index contributed by atoms with van der Waals surface area (Å²) in [7, 11) is 0. The first kappa shape index (κ1) is 8.05. The van der Waals surface area contributed by atoms with Gasteiger partial charge in [-0.15, -0.1) is 0 Å². The minimum atomic E-state index is 1.16. The number of pyridine rings is 1. The van der Waals surface area contributed by atoms with Crippen molar-refractivity contribution in [3.05, 3.63) is 23.0 Å². The summed E-state index contributed by atoms with van der Waals surface area (Å²) < 4.78 is 1.46. The van der Waals surface area contributed by atoms with Crippen LogP contribution in [0.2, 0.25) is 0 Å². The first-order chi connectivity index (χ1) is 4.63. The summed E-state index contributed by atoms with van der Waals surface area (Å²) in [5.41, 5.74) is 3.84. The molecule has 1 aromatic heterocycles. The van der Waals surface area contributed by atoms with Gasteiger partial charge in [0.2, 0.25) is 0 Å². The summed E-state index contributed by atoms with van der Waals surface area (Å²) in [4.78, 5) is 4.25. The van der Waals surface area contributed by atoms with Crippen molar-refractivity contribution in [2.24, 2.45) is 0 Å². The van der Waals surface area contributed by atoms with Crippen molar-refractivity contribution in [1.82, 2.24) is 4.98 Å². The number of rotatable bonds is 0. The third-order valence-corrected chi connectivity index (χ3v) is 3.96. The van der Waals surface area contributed by atoms with E-state index in [-0.39, 0.29) is 0 Å². The molecule has 51 valence electrons. The Morgan fingerprint density at radius 3 is 2.40 bits per heavy atom. The zero-order chi connectivity index (χ0) is 7.72. The second-order valence-electron chi connectivity index (χ2n) is 2.53. The van der Waals surface area contributed by atoms with E-state index in [4.69, 9.17) is 0 Å². The molecule has 0 fully saturated rings. The van der Waals surface area contributed by atoms with Gasteiger partial charge in [0.15, 0.2) is 0 Å². The molecule has 0 aliphatic carbocycles. The van der Waals surface area contributed by atoms with E-state index >= 15 is 0 Å². The van der Waals surface area contributed by atoms with Crippen LogP contribution in [0.1, 0.15) is 16.8 Å². The quantitative estimate of drug-likeness (QED) is 0.610. The molecule has 0 aliphatic rings. The molecule has 0 aromatic carbocycles. The Kier molecular flexibility index (Phi) is 2.34. The minimum absolute atomic E-state index is 1.16. The number of aromatic nitrogens is 1. The second kappa shape index (κ2) is 2.91. The van der Waals surface area contributed by atoms with Crippen LogP contribution < -0.4 is 3.58 Å². The Labute approximate surface area is 75.0 Å². The molecule has 1 heterocycles. The number of nitrogens with zero attached hydrogens (tertiary/aromatic N) is 1. The standard InChI is InChI=1S/C8H10N.Sn/c1-6-4-7(2)8(3)9-5-6;/h5H,1-3H3;. The fourth-order valence-corrected chi connectivity index (χ4v) is 1.53. The van der Waals surface area contributed by atoms with Crippen molar-refractivity contribution >= 4 is 26.1 Å². The molecule has 1 nitrogen and oxygen atoms in total. The molecular formula is C8H10NSn. The van der Waals surface area contributed by atoms with Gasteiger partial charge in [0.25, 0.3) is 0 Å². The van der Waals surface area contributed by atoms with Crippen LogP contribution in [0, 0.1) is 20.8 Å². The molecule has 0 spiro atoms. The van der Waals surface area contributed by atoms with Gasteiger partial charge in [-0.1, -0.05) is 0 Å². The molecule has 3 radical (unpaired) electrons. The number of hydrogen-bond donors (Lipinski definition) is 0. The van der Waals surface area contributed by atoms with Gasteiger partial charge in [-0.05, 0) is 0 Å². The number of aryl methyl sites for hydroxylation is 2. The van der Waals surface area contributed by atoms with E-state index < -0.39 is 0 Å². The Bertz CT molecular complexity index is 229. The molecule has 1 rings (SSSR count). The molecule has 0 saturated carbocycles. The van der Waals surface area contributed by atoms with Crippen LogP contribution in [-0.4, -0.2) is 27.5 Å². The Morgan fingerprint density at radius 1 is 1.30 bits per heavy atom. The summed E-state index contributed by atoms with van der Waals surface area (Å²) in [6, 6.07) is 0. The van der Waals surface area contributed by atoms with Gasteiger partial charge in [0.05, 0.1) is 0 Å². The van der Waals surface area contributed by atoms with Crippen LogP contribution in [0.25, 0.3) is 0 Å². The van der Waals surface area contributed by atoms with Gasteiger partial charge in [-0.3, -0.25) is 0 Å². The van der Waals surface area contributed by atoms with Crippen LogP contribution in [0.15, 0.2) is 6.20 Å². The first-order valence-corrected chi connectivity index (χ1v) is 4.70. The van der Waals surface area contributed by atoms with Crippen molar-refractivity contribution in [2.75, 3.05) is 0 Å². The normalized spacial score (nSPS) is 10.0. The van der Waals surface area contributed by atoms with Crippen molar-refractivity contribution < 1.29 is 0 Å².